The summed E-state index contributed by atoms with van der Waals surface area (Å²) in [5.74, 6) is 0. The zero-order valence-electron chi connectivity index (χ0n) is 6.14. The van der Waals surface area contributed by atoms with Crippen LogP contribution in [0.2, 0.25) is 0 Å². The number of nitrogens with one attached hydrogen (secondary N) is 1. The van der Waals surface area contributed by atoms with Crippen molar-refractivity contribution in [3.63, 3.8) is 0 Å². The molecular weight excluding hydrogens is 128 g/mol. The molecule has 0 amide bonds. The van der Waals surface area contributed by atoms with Gasteiger partial charge in [-0.2, -0.15) is 5.10 Å². The molecule has 54 valence electrons. The zero-order valence-corrected chi connectivity index (χ0v) is 6.14. The Morgan fingerprint density at radius 1 is 1.70 bits per heavy atom. The van der Waals surface area contributed by atoms with Gasteiger partial charge in [-0.1, -0.05) is 6.92 Å². The quantitative estimate of drug-likeness (QED) is 0.619. The highest BCUT2D eigenvalue weighted by Crippen LogP contribution is 1.92. The number of rotatable bonds is 1. The van der Waals surface area contributed by atoms with Gasteiger partial charge in [0.15, 0.2) is 0 Å². The minimum Gasteiger partial charge on any atom is -0.268 e. The van der Waals surface area contributed by atoms with E-state index in [1.54, 1.807) is 13.0 Å². The van der Waals surface area contributed by atoms with E-state index >= 15 is 0 Å². The van der Waals surface area contributed by atoms with Crippen molar-refractivity contribution in [2.24, 2.45) is 0 Å². The van der Waals surface area contributed by atoms with Gasteiger partial charge in [-0.15, -0.1) is 0 Å². The van der Waals surface area contributed by atoms with Crippen LogP contribution < -0.4 is 5.56 Å². The number of nitrogens with zero attached hydrogens (tertiary/aromatic N) is 1. The Hall–Kier alpha value is -1.12. The summed E-state index contributed by atoms with van der Waals surface area (Å²) in [5.41, 5.74) is 1.56. The van der Waals surface area contributed by atoms with Crippen molar-refractivity contribution in [2.75, 3.05) is 0 Å². The van der Waals surface area contributed by atoms with E-state index in [-0.39, 0.29) is 5.56 Å². The Bertz CT molecular complexity index is 277. The van der Waals surface area contributed by atoms with E-state index in [1.807, 2.05) is 6.92 Å². The topological polar surface area (TPSA) is 45.8 Å². The van der Waals surface area contributed by atoms with Crippen molar-refractivity contribution in [1.82, 2.24) is 10.2 Å². The first kappa shape index (κ1) is 6.99. The number of H-pyrrole nitrogens is 1. The monoisotopic (exact) mass is 138 g/mol. The number of hydrogen-bond donors (Lipinski definition) is 1. The molecule has 0 bridgehead atoms. The Labute approximate surface area is 59.1 Å². The van der Waals surface area contributed by atoms with E-state index in [0.29, 0.717) is 0 Å². The van der Waals surface area contributed by atoms with Gasteiger partial charge in [0, 0.05) is 5.56 Å². The van der Waals surface area contributed by atoms with Crippen molar-refractivity contribution in [2.45, 2.75) is 20.3 Å². The molecule has 3 heteroatoms. The number of aromatic nitrogens is 2. The van der Waals surface area contributed by atoms with Gasteiger partial charge in [0.05, 0.1) is 5.69 Å². The third kappa shape index (κ3) is 1.23. The molecule has 3 nitrogen and oxygen atoms in total. The molecule has 0 aliphatic heterocycles. The summed E-state index contributed by atoms with van der Waals surface area (Å²) in [5, 5.41) is 6.23. The van der Waals surface area contributed by atoms with E-state index in [2.05, 4.69) is 10.2 Å². The summed E-state index contributed by atoms with van der Waals surface area (Å²) < 4.78 is 0. The molecule has 10 heavy (non-hydrogen) atoms. The van der Waals surface area contributed by atoms with Crippen LogP contribution in [0.5, 0.6) is 0 Å². The lowest BCUT2D eigenvalue weighted by Gasteiger charge is -1.93. The molecular formula is C7H10N2O. The number of aromatic amines is 1. The molecule has 1 aromatic rings. The molecule has 1 heterocycles. The Kier molecular flexibility index (Phi) is 1.85. The SMILES string of the molecule is CCc1cc(C)c(=O)[nH]n1. The molecule has 0 unspecified atom stereocenters. The average Bonchev–Trinajstić information content (AvgIpc) is 1.95. The van der Waals surface area contributed by atoms with E-state index in [0.717, 1.165) is 17.7 Å². The smallest absolute Gasteiger partial charge is 0.267 e. The Balaban J connectivity index is 3.17. The van der Waals surface area contributed by atoms with Gasteiger partial charge in [-0.3, -0.25) is 4.79 Å². The lowest BCUT2D eigenvalue weighted by Crippen LogP contribution is -2.12. The Morgan fingerprint density at radius 2 is 2.40 bits per heavy atom. The highest BCUT2D eigenvalue weighted by Gasteiger charge is 1.94. The number of hydrogen-bond acceptors (Lipinski definition) is 2. The van der Waals surface area contributed by atoms with Crippen LogP contribution in [0.3, 0.4) is 0 Å². The minimum absolute atomic E-state index is 0.0998. The van der Waals surface area contributed by atoms with E-state index in [1.165, 1.54) is 0 Å². The molecule has 1 aromatic heterocycles. The van der Waals surface area contributed by atoms with E-state index < -0.39 is 0 Å². The van der Waals surface area contributed by atoms with Crippen molar-refractivity contribution >= 4 is 0 Å². The van der Waals surface area contributed by atoms with Crippen LogP contribution in [0.4, 0.5) is 0 Å². The van der Waals surface area contributed by atoms with Gasteiger partial charge in [-0.05, 0) is 19.4 Å². The molecule has 1 rings (SSSR count). The summed E-state index contributed by atoms with van der Waals surface area (Å²) in [4.78, 5) is 10.8. The van der Waals surface area contributed by atoms with Crippen LogP contribution in [0.25, 0.3) is 0 Å². The van der Waals surface area contributed by atoms with Gasteiger partial charge in [-0.25, -0.2) is 5.10 Å². The molecule has 0 radical (unpaired) electrons. The van der Waals surface area contributed by atoms with Crippen molar-refractivity contribution in [3.8, 4) is 0 Å². The van der Waals surface area contributed by atoms with Crippen LogP contribution in [0.15, 0.2) is 10.9 Å². The fourth-order valence-corrected chi connectivity index (χ4v) is 0.740. The normalized spacial score (nSPS) is 9.80. The lowest BCUT2D eigenvalue weighted by atomic mass is 10.2. The lowest BCUT2D eigenvalue weighted by molar-refractivity contribution is 0.883. The van der Waals surface area contributed by atoms with Gasteiger partial charge >= 0.3 is 0 Å². The molecule has 0 aliphatic carbocycles. The van der Waals surface area contributed by atoms with E-state index in [9.17, 15) is 4.79 Å². The predicted octanol–water partition coefficient (Wildman–Crippen LogP) is 0.641. The van der Waals surface area contributed by atoms with E-state index in [4.69, 9.17) is 0 Å². The first-order chi connectivity index (χ1) is 4.74. The van der Waals surface area contributed by atoms with Crippen LogP contribution in [-0.4, -0.2) is 10.2 Å². The molecule has 0 saturated carbocycles. The number of aryl methyl sites for hydroxylation is 2. The standard InChI is InChI=1S/C7H10N2O/c1-3-6-4-5(2)7(10)9-8-6/h4H,3H2,1-2H3,(H,9,10). The second-order valence-electron chi connectivity index (χ2n) is 2.22. The fraction of sp³-hybridized carbons (Fsp3) is 0.429. The third-order valence-corrected chi connectivity index (χ3v) is 1.40. The first-order valence-electron chi connectivity index (χ1n) is 3.29. The molecule has 0 atom stereocenters. The zero-order chi connectivity index (χ0) is 7.56. The van der Waals surface area contributed by atoms with Gasteiger partial charge in [0.2, 0.25) is 0 Å². The third-order valence-electron chi connectivity index (χ3n) is 1.40. The summed E-state index contributed by atoms with van der Waals surface area (Å²) >= 11 is 0. The largest absolute Gasteiger partial charge is 0.268 e. The molecule has 0 fully saturated rings. The maximum absolute atomic E-state index is 10.8. The highest BCUT2D eigenvalue weighted by atomic mass is 16.1. The van der Waals surface area contributed by atoms with Crippen LogP contribution in [0.1, 0.15) is 18.2 Å². The second kappa shape index (κ2) is 2.64. The second-order valence-corrected chi connectivity index (χ2v) is 2.22. The molecule has 0 aromatic carbocycles. The molecule has 1 N–H and O–H groups in total. The van der Waals surface area contributed by atoms with Gasteiger partial charge in [0.25, 0.3) is 5.56 Å². The molecule has 0 saturated heterocycles. The van der Waals surface area contributed by atoms with Gasteiger partial charge in [0.1, 0.15) is 0 Å². The molecule has 0 aliphatic rings. The van der Waals surface area contributed by atoms with Crippen LogP contribution >= 0.6 is 0 Å². The molecule has 0 spiro atoms. The maximum Gasteiger partial charge on any atom is 0.267 e. The predicted molar refractivity (Wildman–Crippen MR) is 39.0 cm³/mol. The summed E-state index contributed by atoms with van der Waals surface area (Å²) in [7, 11) is 0. The maximum atomic E-state index is 10.8. The fourth-order valence-electron chi connectivity index (χ4n) is 0.740. The first-order valence-corrected chi connectivity index (χ1v) is 3.29. The van der Waals surface area contributed by atoms with Crippen molar-refractivity contribution < 1.29 is 0 Å². The van der Waals surface area contributed by atoms with Crippen LogP contribution in [0, 0.1) is 6.92 Å². The Morgan fingerprint density at radius 3 is 2.90 bits per heavy atom. The average molecular weight is 138 g/mol. The van der Waals surface area contributed by atoms with Crippen molar-refractivity contribution in [1.29, 1.82) is 0 Å². The summed E-state index contributed by atoms with van der Waals surface area (Å²) in [6.07, 6.45) is 0.859. The van der Waals surface area contributed by atoms with Crippen LogP contribution in [-0.2, 0) is 6.42 Å². The minimum atomic E-state index is -0.0998. The van der Waals surface area contributed by atoms with Crippen molar-refractivity contribution in [3.05, 3.63) is 27.7 Å². The highest BCUT2D eigenvalue weighted by molar-refractivity contribution is 5.10. The summed E-state index contributed by atoms with van der Waals surface area (Å²) in [6.45, 7) is 3.78. The van der Waals surface area contributed by atoms with Gasteiger partial charge < -0.3 is 0 Å². The summed E-state index contributed by atoms with van der Waals surface area (Å²) in [6, 6.07) is 1.80.